The summed E-state index contributed by atoms with van der Waals surface area (Å²) in [6, 6.07) is 0.0954. The fourth-order valence-corrected chi connectivity index (χ4v) is 2.03. The van der Waals surface area contributed by atoms with E-state index < -0.39 is 0 Å². The third kappa shape index (κ3) is 2.38. The van der Waals surface area contributed by atoms with E-state index in [2.05, 4.69) is 15.5 Å². The summed E-state index contributed by atoms with van der Waals surface area (Å²) < 4.78 is 4.83. The number of hydrogen-bond donors (Lipinski definition) is 2. The van der Waals surface area contributed by atoms with Crippen LogP contribution in [0.4, 0.5) is 6.01 Å². The molecule has 2 atom stereocenters. The predicted octanol–water partition coefficient (Wildman–Crippen LogP) is 0.834. The van der Waals surface area contributed by atoms with E-state index in [0.29, 0.717) is 5.82 Å². The molecular weight excluding hydrogens is 208 g/mol. The number of aryl methyl sites for hydroxylation is 1. The average Bonchev–Trinajstić information content (AvgIpc) is 2.64. The van der Waals surface area contributed by atoms with Crippen molar-refractivity contribution in [3.63, 3.8) is 0 Å². The second-order valence-corrected chi connectivity index (χ2v) is 4.19. The monoisotopic (exact) mass is 224 g/mol. The largest absolute Gasteiger partial charge is 0.328 e. The molecule has 1 aliphatic rings. The van der Waals surface area contributed by atoms with Gasteiger partial charge in [0.25, 0.3) is 0 Å². The molecule has 0 saturated heterocycles. The molecule has 1 amide bonds. The lowest BCUT2D eigenvalue weighted by Crippen LogP contribution is -2.40. The van der Waals surface area contributed by atoms with Crippen LogP contribution in [0.5, 0.6) is 0 Å². The Morgan fingerprint density at radius 1 is 1.50 bits per heavy atom. The van der Waals surface area contributed by atoms with E-state index in [1.165, 1.54) is 0 Å². The second-order valence-electron chi connectivity index (χ2n) is 4.19. The maximum Gasteiger partial charge on any atom is 0.328 e. The first kappa shape index (κ1) is 11.1. The van der Waals surface area contributed by atoms with Gasteiger partial charge in [0.1, 0.15) is 0 Å². The molecule has 1 aromatic heterocycles. The van der Waals surface area contributed by atoms with Gasteiger partial charge in [-0.05, 0) is 19.8 Å². The molecule has 3 N–H and O–H groups in total. The molecule has 6 nitrogen and oxygen atoms in total. The molecule has 1 saturated carbocycles. The van der Waals surface area contributed by atoms with Crippen LogP contribution in [0.1, 0.15) is 31.5 Å². The van der Waals surface area contributed by atoms with Crippen LogP contribution in [0, 0.1) is 12.8 Å². The number of carbonyl (C=O) groups excluding carboxylic acids is 1. The van der Waals surface area contributed by atoms with Gasteiger partial charge in [-0.1, -0.05) is 18.0 Å². The first-order chi connectivity index (χ1) is 7.66. The number of carbonyl (C=O) groups is 1. The topological polar surface area (TPSA) is 94.0 Å². The fourth-order valence-electron chi connectivity index (χ4n) is 2.03. The van der Waals surface area contributed by atoms with Gasteiger partial charge < -0.3 is 10.3 Å². The normalized spacial score (nSPS) is 25.4. The smallest absolute Gasteiger partial charge is 0.327 e. The summed E-state index contributed by atoms with van der Waals surface area (Å²) in [6.45, 7) is 1.70. The van der Waals surface area contributed by atoms with Crippen molar-refractivity contribution < 1.29 is 9.32 Å². The van der Waals surface area contributed by atoms with Gasteiger partial charge in [-0.3, -0.25) is 10.1 Å². The molecule has 88 valence electrons. The van der Waals surface area contributed by atoms with E-state index in [4.69, 9.17) is 10.3 Å². The number of nitrogens with two attached hydrogens (primary N) is 1. The summed E-state index contributed by atoms with van der Waals surface area (Å²) in [4.78, 5) is 15.8. The molecular formula is C10H16N4O2. The number of nitrogens with zero attached hydrogens (tertiary/aromatic N) is 2. The zero-order chi connectivity index (χ0) is 11.5. The van der Waals surface area contributed by atoms with Crippen LogP contribution in [0.2, 0.25) is 0 Å². The minimum atomic E-state index is -0.138. The lowest BCUT2D eigenvalue weighted by atomic mass is 9.84. The van der Waals surface area contributed by atoms with Gasteiger partial charge in [0.2, 0.25) is 5.91 Å². The zero-order valence-electron chi connectivity index (χ0n) is 9.27. The highest BCUT2D eigenvalue weighted by Gasteiger charge is 2.29. The predicted molar refractivity (Wildman–Crippen MR) is 57.6 cm³/mol. The van der Waals surface area contributed by atoms with Gasteiger partial charge in [-0.2, -0.15) is 4.98 Å². The molecule has 0 radical (unpaired) electrons. The van der Waals surface area contributed by atoms with E-state index in [0.717, 1.165) is 25.7 Å². The van der Waals surface area contributed by atoms with Gasteiger partial charge in [0.15, 0.2) is 5.82 Å². The Morgan fingerprint density at radius 3 is 2.88 bits per heavy atom. The van der Waals surface area contributed by atoms with Crippen molar-refractivity contribution in [2.24, 2.45) is 11.7 Å². The Bertz CT molecular complexity index is 377. The Balaban J connectivity index is 1.96. The van der Waals surface area contributed by atoms with Crippen molar-refractivity contribution >= 4 is 11.9 Å². The third-order valence-corrected chi connectivity index (χ3v) is 2.91. The second kappa shape index (κ2) is 4.61. The SMILES string of the molecule is Cc1noc(NC(=O)C2CCCCC2N)n1. The molecule has 2 rings (SSSR count). The summed E-state index contributed by atoms with van der Waals surface area (Å²) in [5.41, 5.74) is 5.91. The van der Waals surface area contributed by atoms with E-state index in [1.807, 2.05) is 0 Å². The van der Waals surface area contributed by atoms with Gasteiger partial charge in [0.05, 0.1) is 5.92 Å². The standard InChI is InChI=1S/C10H16N4O2/c1-6-12-10(16-14-6)13-9(15)7-4-2-3-5-8(7)11/h7-8H,2-5,11H2,1H3,(H,12,13,14,15). The number of nitrogens with one attached hydrogen (secondary N) is 1. The van der Waals surface area contributed by atoms with Gasteiger partial charge in [-0.25, -0.2) is 0 Å². The molecule has 0 spiro atoms. The van der Waals surface area contributed by atoms with E-state index >= 15 is 0 Å². The van der Waals surface area contributed by atoms with Crippen molar-refractivity contribution in [2.45, 2.75) is 38.6 Å². The summed E-state index contributed by atoms with van der Waals surface area (Å²) in [5.74, 6) is 0.250. The quantitative estimate of drug-likeness (QED) is 0.776. The molecule has 0 bridgehead atoms. The minimum absolute atomic E-state index is 0.0576. The highest BCUT2D eigenvalue weighted by Crippen LogP contribution is 2.24. The van der Waals surface area contributed by atoms with E-state index in [-0.39, 0.29) is 23.9 Å². The molecule has 2 unspecified atom stereocenters. The summed E-state index contributed by atoms with van der Waals surface area (Å²) in [5, 5.41) is 6.21. The number of amides is 1. The Labute approximate surface area is 93.6 Å². The molecule has 0 aromatic carbocycles. The van der Waals surface area contributed by atoms with Crippen LogP contribution >= 0.6 is 0 Å². The fraction of sp³-hybridized carbons (Fsp3) is 0.700. The molecule has 1 heterocycles. The van der Waals surface area contributed by atoms with Crippen molar-refractivity contribution in [1.29, 1.82) is 0 Å². The molecule has 6 heteroatoms. The van der Waals surface area contributed by atoms with E-state index in [9.17, 15) is 4.79 Å². The Morgan fingerprint density at radius 2 is 2.25 bits per heavy atom. The lowest BCUT2D eigenvalue weighted by Gasteiger charge is -2.26. The van der Waals surface area contributed by atoms with Crippen molar-refractivity contribution in [2.75, 3.05) is 5.32 Å². The first-order valence-corrected chi connectivity index (χ1v) is 5.53. The maximum atomic E-state index is 11.9. The number of rotatable bonds is 2. The molecule has 1 aliphatic carbocycles. The molecule has 1 fully saturated rings. The Hall–Kier alpha value is -1.43. The van der Waals surface area contributed by atoms with Crippen LogP contribution in [-0.2, 0) is 4.79 Å². The van der Waals surface area contributed by atoms with Gasteiger partial charge in [0, 0.05) is 6.04 Å². The van der Waals surface area contributed by atoms with E-state index in [1.54, 1.807) is 6.92 Å². The summed E-state index contributed by atoms with van der Waals surface area (Å²) >= 11 is 0. The van der Waals surface area contributed by atoms with Gasteiger partial charge in [-0.15, -0.1) is 0 Å². The number of anilines is 1. The minimum Gasteiger partial charge on any atom is -0.327 e. The highest BCUT2D eigenvalue weighted by atomic mass is 16.5. The van der Waals surface area contributed by atoms with Crippen LogP contribution in [0.25, 0.3) is 0 Å². The summed E-state index contributed by atoms with van der Waals surface area (Å²) in [6.07, 6.45) is 3.89. The van der Waals surface area contributed by atoms with Crippen LogP contribution in [0.3, 0.4) is 0 Å². The molecule has 16 heavy (non-hydrogen) atoms. The maximum absolute atomic E-state index is 11.9. The van der Waals surface area contributed by atoms with Crippen LogP contribution in [0.15, 0.2) is 4.52 Å². The van der Waals surface area contributed by atoms with Crippen LogP contribution in [-0.4, -0.2) is 22.1 Å². The van der Waals surface area contributed by atoms with Crippen molar-refractivity contribution in [3.05, 3.63) is 5.82 Å². The van der Waals surface area contributed by atoms with Crippen molar-refractivity contribution in [1.82, 2.24) is 10.1 Å². The molecule has 0 aliphatic heterocycles. The third-order valence-electron chi connectivity index (χ3n) is 2.91. The molecule has 1 aromatic rings. The highest BCUT2D eigenvalue weighted by molar-refractivity contribution is 5.91. The zero-order valence-corrected chi connectivity index (χ0v) is 9.27. The number of aromatic nitrogens is 2. The van der Waals surface area contributed by atoms with Gasteiger partial charge >= 0.3 is 6.01 Å². The average molecular weight is 224 g/mol. The van der Waals surface area contributed by atoms with Crippen molar-refractivity contribution in [3.8, 4) is 0 Å². The number of hydrogen-bond acceptors (Lipinski definition) is 5. The summed E-state index contributed by atoms with van der Waals surface area (Å²) in [7, 11) is 0. The first-order valence-electron chi connectivity index (χ1n) is 5.53. The van der Waals surface area contributed by atoms with Crippen LogP contribution < -0.4 is 11.1 Å². The Kier molecular flexibility index (Phi) is 3.19. The lowest BCUT2D eigenvalue weighted by molar-refractivity contribution is -0.121.